The summed E-state index contributed by atoms with van der Waals surface area (Å²) in [5.41, 5.74) is 1.33. The molecule has 0 saturated carbocycles. The number of nitrogens with zero attached hydrogens (tertiary/aromatic N) is 4. The second-order valence-corrected chi connectivity index (χ2v) is 5.85. The van der Waals surface area contributed by atoms with Gasteiger partial charge in [0.1, 0.15) is 0 Å². The Kier molecular flexibility index (Phi) is 4.30. The van der Waals surface area contributed by atoms with Gasteiger partial charge in [-0.2, -0.15) is 0 Å². The highest BCUT2D eigenvalue weighted by Crippen LogP contribution is 2.26. The molecular weight excluding hydrogens is 310 g/mol. The average Bonchev–Trinajstić information content (AvgIpc) is 2.98. The van der Waals surface area contributed by atoms with Gasteiger partial charge in [0.2, 0.25) is 11.6 Å². The number of benzene rings is 1. The Morgan fingerprint density at radius 3 is 2.67 bits per heavy atom. The Balaban J connectivity index is 1.89. The topological polar surface area (TPSA) is 100 Å². The highest BCUT2D eigenvalue weighted by Gasteiger charge is 2.27. The number of aromatic nitrogens is 3. The van der Waals surface area contributed by atoms with Crippen LogP contribution >= 0.6 is 0 Å². The summed E-state index contributed by atoms with van der Waals surface area (Å²) < 4.78 is 1.45. The number of amides is 1. The van der Waals surface area contributed by atoms with Crippen molar-refractivity contribution in [2.75, 3.05) is 18.0 Å². The number of hydrogen-bond acceptors (Lipinski definition) is 6. The largest absolute Gasteiger partial charge is 0.392 e. The van der Waals surface area contributed by atoms with Crippen LogP contribution in [0.4, 0.5) is 11.6 Å². The van der Waals surface area contributed by atoms with Gasteiger partial charge in [0.25, 0.3) is 11.5 Å². The summed E-state index contributed by atoms with van der Waals surface area (Å²) in [6.07, 6.45) is -0.698. The molecule has 2 heterocycles. The van der Waals surface area contributed by atoms with E-state index in [4.69, 9.17) is 0 Å². The third kappa shape index (κ3) is 3.00. The minimum atomic E-state index is -0.698. The van der Waals surface area contributed by atoms with Gasteiger partial charge in [-0.3, -0.25) is 14.2 Å². The third-order valence-electron chi connectivity index (χ3n) is 3.84. The first-order chi connectivity index (χ1) is 11.5. The second kappa shape index (κ2) is 6.40. The fraction of sp³-hybridized carbons (Fsp3) is 0.375. The molecule has 0 saturated heterocycles. The number of carbonyl (C=O) groups excluding carboxylic acids is 1. The predicted octanol–water partition coefficient (Wildman–Crippen LogP) is 0.209. The number of nitrogens with one attached hydrogen (secondary N) is 1. The molecule has 8 nitrogen and oxygen atoms in total. The van der Waals surface area contributed by atoms with Crippen LogP contribution in [0, 0.1) is 6.92 Å². The van der Waals surface area contributed by atoms with Crippen LogP contribution in [0.15, 0.2) is 29.1 Å². The number of aryl methyl sites for hydroxylation is 1. The number of hydrogen-bond donors (Lipinski definition) is 2. The van der Waals surface area contributed by atoms with Crippen LogP contribution in [0.3, 0.4) is 0 Å². The summed E-state index contributed by atoms with van der Waals surface area (Å²) in [7, 11) is 0. The van der Waals surface area contributed by atoms with Crippen molar-refractivity contribution in [1.29, 1.82) is 0 Å². The second-order valence-electron chi connectivity index (χ2n) is 5.85. The third-order valence-corrected chi connectivity index (χ3v) is 3.84. The highest BCUT2D eigenvalue weighted by atomic mass is 16.3. The van der Waals surface area contributed by atoms with Crippen LogP contribution in [0.2, 0.25) is 0 Å². The molecule has 24 heavy (non-hydrogen) atoms. The number of carbonyl (C=O) groups is 1. The van der Waals surface area contributed by atoms with Crippen molar-refractivity contribution >= 4 is 17.5 Å². The SMILES string of the molecule is Cc1ccc(N2CCn3c2nnc(C(=O)NCC(C)O)c3=O)cc1. The van der Waals surface area contributed by atoms with Gasteiger partial charge in [-0.15, -0.1) is 10.2 Å². The van der Waals surface area contributed by atoms with Crippen molar-refractivity contribution in [2.24, 2.45) is 0 Å². The molecule has 0 spiro atoms. The molecule has 3 rings (SSSR count). The Morgan fingerprint density at radius 1 is 1.29 bits per heavy atom. The first-order valence-corrected chi connectivity index (χ1v) is 7.75. The van der Waals surface area contributed by atoms with Gasteiger partial charge >= 0.3 is 0 Å². The zero-order chi connectivity index (χ0) is 17.3. The molecule has 8 heteroatoms. The summed E-state index contributed by atoms with van der Waals surface area (Å²) >= 11 is 0. The van der Waals surface area contributed by atoms with Crippen molar-refractivity contribution in [3.05, 3.63) is 45.9 Å². The zero-order valence-corrected chi connectivity index (χ0v) is 13.6. The van der Waals surface area contributed by atoms with E-state index in [9.17, 15) is 14.7 Å². The highest BCUT2D eigenvalue weighted by molar-refractivity contribution is 5.91. The van der Waals surface area contributed by atoms with Crippen molar-refractivity contribution in [3.8, 4) is 0 Å². The minimum Gasteiger partial charge on any atom is -0.392 e. The van der Waals surface area contributed by atoms with E-state index in [-0.39, 0.29) is 12.2 Å². The first kappa shape index (κ1) is 16.1. The number of aliphatic hydroxyl groups excluding tert-OH is 1. The van der Waals surface area contributed by atoms with Crippen LogP contribution in [0.5, 0.6) is 0 Å². The molecule has 0 fully saturated rings. The summed E-state index contributed by atoms with van der Waals surface area (Å²) in [6.45, 7) is 4.63. The van der Waals surface area contributed by atoms with Gasteiger partial charge in [-0.05, 0) is 26.0 Å². The maximum Gasteiger partial charge on any atom is 0.286 e. The molecule has 1 aromatic carbocycles. The van der Waals surface area contributed by atoms with Gasteiger partial charge in [0, 0.05) is 25.3 Å². The van der Waals surface area contributed by atoms with Crippen molar-refractivity contribution in [3.63, 3.8) is 0 Å². The van der Waals surface area contributed by atoms with Crippen LogP contribution in [-0.2, 0) is 6.54 Å². The van der Waals surface area contributed by atoms with Crippen molar-refractivity contribution in [1.82, 2.24) is 20.1 Å². The quantitative estimate of drug-likeness (QED) is 0.832. The van der Waals surface area contributed by atoms with Gasteiger partial charge in [-0.1, -0.05) is 17.7 Å². The van der Waals surface area contributed by atoms with E-state index in [1.54, 1.807) is 6.92 Å². The van der Waals surface area contributed by atoms with Gasteiger partial charge in [0.05, 0.1) is 6.10 Å². The van der Waals surface area contributed by atoms with E-state index in [0.29, 0.717) is 19.0 Å². The lowest BCUT2D eigenvalue weighted by Crippen LogP contribution is -2.37. The van der Waals surface area contributed by atoms with E-state index in [2.05, 4.69) is 15.5 Å². The molecule has 0 bridgehead atoms. The molecule has 1 unspecified atom stereocenters. The molecule has 126 valence electrons. The van der Waals surface area contributed by atoms with Crippen molar-refractivity contribution < 1.29 is 9.90 Å². The Morgan fingerprint density at radius 2 is 2.00 bits per heavy atom. The molecule has 0 radical (unpaired) electrons. The lowest BCUT2D eigenvalue weighted by Gasteiger charge is -2.16. The normalized spacial score (nSPS) is 14.4. The first-order valence-electron chi connectivity index (χ1n) is 7.75. The maximum absolute atomic E-state index is 12.5. The van der Waals surface area contributed by atoms with E-state index < -0.39 is 17.6 Å². The summed E-state index contributed by atoms with van der Waals surface area (Å²) in [5.74, 6) is -0.201. The smallest absolute Gasteiger partial charge is 0.286 e. The van der Waals surface area contributed by atoms with Gasteiger partial charge < -0.3 is 15.3 Å². The van der Waals surface area contributed by atoms with E-state index in [0.717, 1.165) is 11.3 Å². The molecule has 1 amide bonds. The fourth-order valence-electron chi connectivity index (χ4n) is 2.55. The van der Waals surface area contributed by atoms with E-state index >= 15 is 0 Å². The molecule has 1 atom stereocenters. The molecule has 2 aromatic rings. The molecule has 1 aliphatic rings. The molecular formula is C16H19N5O3. The maximum atomic E-state index is 12.5. The van der Waals surface area contributed by atoms with E-state index in [1.807, 2.05) is 36.1 Å². The van der Waals surface area contributed by atoms with Crippen LogP contribution in [-0.4, -0.2) is 45.0 Å². The summed E-state index contributed by atoms with van der Waals surface area (Å²) in [6, 6.07) is 7.89. The Labute approximate surface area is 138 Å². The Hall–Kier alpha value is -2.74. The Bertz CT molecular complexity index is 813. The van der Waals surface area contributed by atoms with Crippen LogP contribution in [0.25, 0.3) is 0 Å². The average molecular weight is 329 g/mol. The van der Waals surface area contributed by atoms with Crippen molar-refractivity contribution in [2.45, 2.75) is 26.5 Å². The van der Waals surface area contributed by atoms with Crippen LogP contribution < -0.4 is 15.8 Å². The fourth-order valence-corrected chi connectivity index (χ4v) is 2.55. The molecule has 1 aromatic heterocycles. The number of fused-ring (bicyclic) bond motifs is 1. The zero-order valence-electron chi connectivity index (χ0n) is 13.6. The number of aliphatic hydroxyl groups is 1. The van der Waals surface area contributed by atoms with Gasteiger partial charge in [0.15, 0.2) is 0 Å². The minimum absolute atomic E-state index is 0.0528. The molecule has 0 aliphatic carbocycles. The molecule has 2 N–H and O–H groups in total. The van der Waals surface area contributed by atoms with Crippen LogP contribution in [0.1, 0.15) is 23.0 Å². The lowest BCUT2D eigenvalue weighted by atomic mass is 10.2. The standard InChI is InChI=1S/C16H19N5O3/c1-10-3-5-12(6-4-10)20-7-8-21-15(24)13(18-19-16(20)21)14(23)17-9-11(2)22/h3-6,11,22H,7-9H2,1-2H3,(H,17,23). The summed E-state index contributed by atoms with van der Waals surface area (Å²) in [5, 5.41) is 19.5. The monoisotopic (exact) mass is 329 g/mol. The lowest BCUT2D eigenvalue weighted by molar-refractivity contribution is 0.0915. The molecule has 1 aliphatic heterocycles. The predicted molar refractivity (Wildman–Crippen MR) is 88.5 cm³/mol. The van der Waals surface area contributed by atoms with E-state index in [1.165, 1.54) is 4.57 Å². The number of anilines is 2. The summed E-state index contributed by atoms with van der Waals surface area (Å²) in [4.78, 5) is 26.4. The number of rotatable bonds is 4. The van der Waals surface area contributed by atoms with Gasteiger partial charge in [-0.25, -0.2) is 0 Å².